The Morgan fingerprint density at radius 2 is 1.91 bits per heavy atom. The van der Waals surface area contributed by atoms with Crippen LogP contribution in [0.3, 0.4) is 0 Å². The van der Waals surface area contributed by atoms with E-state index < -0.39 is 0 Å². The number of para-hydroxylation sites is 1. The fraction of sp³-hybridized carbons (Fsp3) is 0.348. The van der Waals surface area contributed by atoms with Crippen molar-refractivity contribution in [2.45, 2.75) is 17.7 Å². The summed E-state index contributed by atoms with van der Waals surface area (Å²) in [7, 11) is 1.61. The van der Waals surface area contributed by atoms with Gasteiger partial charge in [-0.25, -0.2) is 0 Å². The molecule has 1 unspecified atom stereocenters. The van der Waals surface area contributed by atoms with Crippen molar-refractivity contribution in [2.24, 2.45) is 5.92 Å². The van der Waals surface area contributed by atoms with E-state index in [1.165, 1.54) is 16.7 Å². The van der Waals surface area contributed by atoms with E-state index in [9.17, 15) is 14.4 Å². The Morgan fingerprint density at radius 3 is 2.62 bits per heavy atom. The first-order chi connectivity index (χ1) is 15.3. The highest BCUT2D eigenvalue weighted by atomic mass is 35.5. The van der Waals surface area contributed by atoms with E-state index in [2.05, 4.69) is 5.32 Å². The van der Waals surface area contributed by atoms with Crippen LogP contribution in [0.15, 0.2) is 47.4 Å². The predicted molar refractivity (Wildman–Crippen MR) is 130 cm³/mol. The molecule has 0 bridgehead atoms. The van der Waals surface area contributed by atoms with Crippen LogP contribution in [0.5, 0.6) is 0 Å². The molecule has 0 radical (unpaired) electrons. The van der Waals surface area contributed by atoms with Gasteiger partial charge in [-0.2, -0.15) is 0 Å². The van der Waals surface area contributed by atoms with Crippen LogP contribution in [0.1, 0.15) is 23.2 Å². The molecule has 6 nitrogen and oxygen atoms in total. The van der Waals surface area contributed by atoms with Crippen molar-refractivity contribution in [3.05, 3.63) is 58.1 Å². The van der Waals surface area contributed by atoms with Gasteiger partial charge in [0.15, 0.2) is 0 Å². The molecule has 32 heavy (non-hydrogen) atoms. The van der Waals surface area contributed by atoms with Crippen LogP contribution < -0.4 is 5.32 Å². The van der Waals surface area contributed by atoms with Gasteiger partial charge in [0.1, 0.15) is 0 Å². The minimum absolute atomic E-state index is 0.0568. The van der Waals surface area contributed by atoms with Gasteiger partial charge in [-0.15, -0.1) is 11.8 Å². The van der Waals surface area contributed by atoms with E-state index in [4.69, 9.17) is 23.2 Å². The molecule has 1 N–H and O–H groups in total. The number of amides is 3. The second-order valence-electron chi connectivity index (χ2n) is 7.66. The highest BCUT2D eigenvalue weighted by molar-refractivity contribution is 7.98. The van der Waals surface area contributed by atoms with Crippen molar-refractivity contribution < 1.29 is 14.4 Å². The molecule has 0 aliphatic carbocycles. The number of carbonyl (C=O) groups is 3. The summed E-state index contributed by atoms with van der Waals surface area (Å²) < 4.78 is 0. The first kappa shape index (κ1) is 24.4. The van der Waals surface area contributed by atoms with Gasteiger partial charge in [0.2, 0.25) is 11.8 Å². The predicted octanol–water partition coefficient (Wildman–Crippen LogP) is 4.66. The van der Waals surface area contributed by atoms with Crippen molar-refractivity contribution in [2.75, 3.05) is 38.3 Å². The molecule has 1 aliphatic rings. The number of nitrogens with zero attached hydrogens (tertiary/aromatic N) is 2. The average molecular weight is 494 g/mol. The van der Waals surface area contributed by atoms with Gasteiger partial charge in [0.25, 0.3) is 5.91 Å². The maximum Gasteiger partial charge on any atom is 0.253 e. The third kappa shape index (κ3) is 5.97. The van der Waals surface area contributed by atoms with Gasteiger partial charge < -0.3 is 15.1 Å². The average Bonchev–Trinajstić information content (AvgIpc) is 2.80. The summed E-state index contributed by atoms with van der Waals surface area (Å²) in [6.45, 7) is 0.816. The Balaban J connectivity index is 1.59. The summed E-state index contributed by atoms with van der Waals surface area (Å²) in [6, 6.07) is 12.3. The van der Waals surface area contributed by atoms with Gasteiger partial charge in [-0.05, 0) is 49.4 Å². The highest BCUT2D eigenvalue weighted by Crippen LogP contribution is 2.26. The molecule has 170 valence electrons. The third-order valence-electron chi connectivity index (χ3n) is 5.36. The topological polar surface area (TPSA) is 69.7 Å². The van der Waals surface area contributed by atoms with Crippen molar-refractivity contribution >= 4 is 58.4 Å². The monoisotopic (exact) mass is 493 g/mol. The van der Waals surface area contributed by atoms with Crippen LogP contribution in [0.25, 0.3) is 0 Å². The van der Waals surface area contributed by atoms with Crippen molar-refractivity contribution in [1.29, 1.82) is 0 Å². The summed E-state index contributed by atoms with van der Waals surface area (Å²) in [5.74, 6) is -0.950. The standard InChI is InChI=1S/C23H25Cl2N3O3S/c1-27(14-21(29)26-19-7-3-4-8-20(19)32-2)22(30)16-6-5-11-28(13-16)23(31)15-9-10-17(24)18(25)12-15/h3-4,7-10,12,16H,5-6,11,13-14H2,1-2H3,(H,26,29). The zero-order chi connectivity index (χ0) is 23.3. The van der Waals surface area contributed by atoms with Gasteiger partial charge in [0.05, 0.1) is 28.2 Å². The van der Waals surface area contributed by atoms with Crippen LogP contribution in [-0.2, 0) is 9.59 Å². The summed E-state index contributed by atoms with van der Waals surface area (Å²) >= 11 is 13.5. The lowest BCUT2D eigenvalue weighted by Gasteiger charge is -2.34. The van der Waals surface area contributed by atoms with E-state index in [1.54, 1.807) is 30.1 Å². The van der Waals surface area contributed by atoms with Crippen molar-refractivity contribution in [1.82, 2.24) is 9.80 Å². The molecule has 2 aromatic rings. The fourth-order valence-corrected chi connectivity index (χ4v) is 4.57. The van der Waals surface area contributed by atoms with E-state index in [0.29, 0.717) is 41.5 Å². The summed E-state index contributed by atoms with van der Waals surface area (Å²) in [4.78, 5) is 42.4. The van der Waals surface area contributed by atoms with Gasteiger partial charge in [-0.1, -0.05) is 35.3 Å². The Morgan fingerprint density at radius 1 is 1.16 bits per heavy atom. The number of thioether (sulfide) groups is 1. The summed E-state index contributed by atoms with van der Waals surface area (Å²) in [5.41, 5.74) is 1.16. The Bertz CT molecular complexity index is 1020. The lowest BCUT2D eigenvalue weighted by Crippen LogP contribution is -2.47. The molecule has 1 saturated heterocycles. The number of hydrogen-bond donors (Lipinski definition) is 1. The molecule has 3 rings (SSSR count). The minimum atomic E-state index is -0.355. The van der Waals surface area contributed by atoms with Crippen LogP contribution in [-0.4, -0.2) is 60.5 Å². The van der Waals surface area contributed by atoms with Gasteiger partial charge in [-0.3, -0.25) is 14.4 Å². The van der Waals surface area contributed by atoms with Gasteiger partial charge in [0, 0.05) is 30.6 Å². The van der Waals surface area contributed by atoms with Crippen molar-refractivity contribution in [3.63, 3.8) is 0 Å². The second-order valence-corrected chi connectivity index (χ2v) is 9.32. The lowest BCUT2D eigenvalue weighted by atomic mass is 9.96. The number of likely N-dealkylation sites (N-methyl/N-ethyl adjacent to an activating group) is 1. The molecule has 0 saturated carbocycles. The SMILES string of the molecule is CSc1ccccc1NC(=O)CN(C)C(=O)C1CCCN(C(=O)c2ccc(Cl)c(Cl)c2)C1. The largest absolute Gasteiger partial charge is 0.338 e. The number of piperidine rings is 1. The molecule has 0 spiro atoms. The Hall–Kier alpha value is -2.22. The molecular formula is C23H25Cl2N3O3S. The molecule has 3 amide bonds. The van der Waals surface area contributed by atoms with Crippen LogP contribution in [0.4, 0.5) is 5.69 Å². The van der Waals surface area contributed by atoms with Crippen LogP contribution in [0.2, 0.25) is 10.0 Å². The number of anilines is 1. The Labute approximate surface area is 202 Å². The number of benzene rings is 2. The van der Waals surface area contributed by atoms with Gasteiger partial charge >= 0.3 is 0 Å². The minimum Gasteiger partial charge on any atom is -0.338 e. The molecule has 1 fully saturated rings. The van der Waals surface area contributed by atoms with Crippen LogP contribution in [0, 0.1) is 5.92 Å². The smallest absolute Gasteiger partial charge is 0.253 e. The zero-order valence-electron chi connectivity index (χ0n) is 17.9. The molecule has 1 atom stereocenters. The van der Waals surface area contributed by atoms with Crippen LogP contribution >= 0.6 is 35.0 Å². The highest BCUT2D eigenvalue weighted by Gasteiger charge is 2.31. The third-order valence-corrected chi connectivity index (χ3v) is 6.90. The number of hydrogen-bond acceptors (Lipinski definition) is 4. The fourth-order valence-electron chi connectivity index (χ4n) is 3.72. The molecule has 0 aromatic heterocycles. The number of carbonyl (C=O) groups excluding carboxylic acids is 3. The molecule has 2 aromatic carbocycles. The summed E-state index contributed by atoms with van der Waals surface area (Å²) in [5, 5.41) is 3.57. The maximum atomic E-state index is 13.0. The lowest BCUT2D eigenvalue weighted by molar-refractivity contribution is -0.138. The second kappa shape index (κ2) is 11.1. The number of nitrogens with one attached hydrogen (secondary N) is 1. The Kier molecular flexibility index (Phi) is 8.45. The summed E-state index contributed by atoms with van der Waals surface area (Å²) in [6.07, 6.45) is 3.32. The first-order valence-corrected chi connectivity index (χ1v) is 12.2. The number of halogens is 2. The molecule has 1 aliphatic heterocycles. The number of rotatable bonds is 6. The zero-order valence-corrected chi connectivity index (χ0v) is 20.3. The first-order valence-electron chi connectivity index (χ1n) is 10.2. The van der Waals surface area contributed by atoms with E-state index in [-0.39, 0.29) is 30.2 Å². The molecule has 9 heteroatoms. The normalized spacial score (nSPS) is 15.9. The number of likely N-dealkylation sites (tertiary alicyclic amines) is 1. The van der Waals surface area contributed by atoms with Crippen molar-refractivity contribution in [3.8, 4) is 0 Å². The molecule has 1 heterocycles. The van der Waals surface area contributed by atoms with E-state index in [1.807, 2.05) is 30.5 Å². The maximum absolute atomic E-state index is 13.0. The van der Waals surface area contributed by atoms with E-state index in [0.717, 1.165) is 10.6 Å². The quantitative estimate of drug-likeness (QED) is 0.593. The van der Waals surface area contributed by atoms with E-state index >= 15 is 0 Å². The molecular weight excluding hydrogens is 469 g/mol.